The van der Waals surface area contributed by atoms with Crippen molar-refractivity contribution in [1.82, 2.24) is 9.88 Å². The topological polar surface area (TPSA) is 58.4 Å². The number of aromatic nitrogens is 1. The van der Waals surface area contributed by atoms with Crippen LogP contribution in [0, 0.1) is 12.8 Å². The highest BCUT2D eigenvalue weighted by Gasteiger charge is 2.29. The third-order valence-corrected chi connectivity index (χ3v) is 6.34. The van der Waals surface area contributed by atoms with Gasteiger partial charge in [-0.25, -0.2) is 0 Å². The van der Waals surface area contributed by atoms with Gasteiger partial charge in [-0.1, -0.05) is 6.92 Å². The maximum atomic E-state index is 12.6. The zero-order chi connectivity index (χ0) is 19.5. The fourth-order valence-electron chi connectivity index (χ4n) is 3.83. The van der Waals surface area contributed by atoms with Gasteiger partial charge in [-0.15, -0.1) is 11.3 Å². The van der Waals surface area contributed by atoms with Gasteiger partial charge < -0.3 is 9.73 Å². The molecule has 0 spiro atoms. The molecule has 146 valence electrons. The van der Waals surface area contributed by atoms with Crippen LogP contribution in [0.25, 0.3) is 0 Å². The minimum atomic E-state index is -0.214. The van der Waals surface area contributed by atoms with E-state index in [4.69, 9.17) is 4.42 Å². The van der Waals surface area contributed by atoms with E-state index in [0.717, 1.165) is 29.6 Å². The number of pyridine rings is 1. The van der Waals surface area contributed by atoms with E-state index in [0.29, 0.717) is 5.76 Å². The summed E-state index contributed by atoms with van der Waals surface area (Å²) in [6.07, 6.45) is 7.59. The average molecular weight is 396 g/mol. The van der Waals surface area contributed by atoms with Crippen LogP contribution in [0.3, 0.4) is 0 Å². The number of aryl methyl sites for hydroxylation is 1. The number of thiophene rings is 1. The molecule has 1 aliphatic rings. The molecule has 1 saturated heterocycles. The molecule has 1 aliphatic heterocycles. The lowest BCUT2D eigenvalue weighted by molar-refractivity contribution is 0.0996. The molecular weight excluding hydrogens is 370 g/mol. The second-order valence-electron chi connectivity index (χ2n) is 7.47. The van der Waals surface area contributed by atoms with Crippen LogP contribution < -0.4 is 5.32 Å². The van der Waals surface area contributed by atoms with Crippen LogP contribution in [0.4, 0.5) is 5.00 Å². The Morgan fingerprint density at radius 2 is 2.04 bits per heavy atom. The molecule has 1 fully saturated rings. The minimum absolute atomic E-state index is 0.104. The van der Waals surface area contributed by atoms with E-state index < -0.39 is 0 Å². The van der Waals surface area contributed by atoms with Crippen molar-refractivity contribution in [3.8, 4) is 0 Å². The first-order chi connectivity index (χ1) is 13.6. The number of piperidine rings is 1. The molecule has 0 aliphatic carbocycles. The summed E-state index contributed by atoms with van der Waals surface area (Å²) in [4.78, 5) is 20.5. The highest BCUT2D eigenvalue weighted by Crippen LogP contribution is 2.40. The number of anilines is 1. The van der Waals surface area contributed by atoms with Crippen LogP contribution in [0.5, 0.6) is 0 Å². The zero-order valence-corrected chi connectivity index (χ0v) is 17.0. The summed E-state index contributed by atoms with van der Waals surface area (Å²) in [5, 5.41) is 3.96. The molecule has 3 aromatic rings. The first kappa shape index (κ1) is 18.9. The SMILES string of the molecule is Cc1cc([C@@H](c2ccncc2)N2CCC(C)CC2)c(NC(=O)c2ccco2)s1. The Labute approximate surface area is 169 Å². The Morgan fingerprint density at radius 3 is 2.71 bits per heavy atom. The number of carbonyl (C=O) groups excluding carboxylic acids is 1. The van der Waals surface area contributed by atoms with Gasteiger partial charge in [0.2, 0.25) is 0 Å². The summed E-state index contributed by atoms with van der Waals surface area (Å²) in [6.45, 7) is 6.50. The van der Waals surface area contributed by atoms with Crippen LogP contribution in [-0.4, -0.2) is 28.9 Å². The van der Waals surface area contributed by atoms with Crippen molar-refractivity contribution in [2.45, 2.75) is 32.7 Å². The maximum absolute atomic E-state index is 12.6. The Kier molecular flexibility index (Phi) is 5.59. The third kappa shape index (κ3) is 4.03. The molecule has 0 bridgehead atoms. The molecule has 1 amide bonds. The van der Waals surface area contributed by atoms with Crippen molar-refractivity contribution < 1.29 is 9.21 Å². The molecular formula is C22H25N3O2S. The predicted molar refractivity (Wildman–Crippen MR) is 112 cm³/mol. The summed E-state index contributed by atoms with van der Waals surface area (Å²) >= 11 is 1.61. The lowest BCUT2D eigenvalue weighted by Crippen LogP contribution is -2.37. The van der Waals surface area contributed by atoms with Crippen LogP contribution in [0.2, 0.25) is 0 Å². The minimum Gasteiger partial charge on any atom is -0.459 e. The highest BCUT2D eigenvalue weighted by atomic mass is 32.1. The Bertz CT molecular complexity index is 913. The van der Waals surface area contributed by atoms with E-state index in [9.17, 15) is 4.79 Å². The van der Waals surface area contributed by atoms with E-state index in [2.05, 4.69) is 47.2 Å². The monoisotopic (exact) mass is 395 g/mol. The summed E-state index contributed by atoms with van der Waals surface area (Å²) in [5.41, 5.74) is 2.35. The number of amides is 1. The van der Waals surface area contributed by atoms with Crippen LogP contribution in [0.1, 0.15) is 52.4 Å². The second-order valence-corrected chi connectivity index (χ2v) is 8.73. The van der Waals surface area contributed by atoms with Crippen molar-refractivity contribution in [2.24, 2.45) is 5.92 Å². The van der Waals surface area contributed by atoms with Gasteiger partial charge in [0.15, 0.2) is 5.76 Å². The van der Waals surface area contributed by atoms with Crippen molar-refractivity contribution in [3.05, 3.63) is 70.8 Å². The highest BCUT2D eigenvalue weighted by molar-refractivity contribution is 7.16. The van der Waals surface area contributed by atoms with E-state index >= 15 is 0 Å². The van der Waals surface area contributed by atoms with Crippen molar-refractivity contribution in [2.75, 3.05) is 18.4 Å². The van der Waals surface area contributed by atoms with Gasteiger partial charge in [0.1, 0.15) is 5.00 Å². The zero-order valence-electron chi connectivity index (χ0n) is 16.2. The maximum Gasteiger partial charge on any atom is 0.291 e. The number of likely N-dealkylation sites (tertiary alicyclic amines) is 1. The van der Waals surface area contributed by atoms with Gasteiger partial charge >= 0.3 is 0 Å². The molecule has 0 aromatic carbocycles. The van der Waals surface area contributed by atoms with Crippen LogP contribution in [0.15, 0.2) is 53.4 Å². The van der Waals surface area contributed by atoms with Gasteiger partial charge in [0.05, 0.1) is 12.3 Å². The first-order valence-corrected chi connectivity index (χ1v) is 10.5. The number of rotatable bonds is 5. The molecule has 3 aromatic heterocycles. The Hall–Kier alpha value is -2.44. The summed E-state index contributed by atoms with van der Waals surface area (Å²) in [6, 6.07) is 9.87. The van der Waals surface area contributed by atoms with Gasteiger partial charge in [-0.3, -0.25) is 14.7 Å². The predicted octanol–water partition coefficient (Wildman–Crippen LogP) is 5.12. The Morgan fingerprint density at radius 1 is 1.29 bits per heavy atom. The first-order valence-electron chi connectivity index (χ1n) is 9.71. The normalized spacial score (nSPS) is 16.8. The summed E-state index contributed by atoms with van der Waals surface area (Å²) in [7, 11) is 0. The molecule has 28 heavy (non-hydrogen) atoms. The molecule has 5 nitrogen and oxygen atoms in total. The molecule has 1 N–H and O–H groups in total. The quantitative estimate of drug-likeness (QED) is 0.651. The van der Waals surface area contributed by atoms with Gasteiger partial charge in [0, 0.05) is 22.8 Å². The van der Waals surface area contributed by atoms with E-state index in [1.807, 2.05) is 12.4 Å². The molecule has 0 radical (unpaired) electrons. The third-order valence-electron chi connectivity index (χ3n) is 5.36. The van der Waals surface area contributed by atoms with Gasteiger partial charge in [-0.05, 0) is 74.7 Å². The number of hydrogen-bond donors (Lipinski definition) is 1. The largest absolute Gasteiger partial charge is 0.459 e. The average Bonchev–Trinajstić information content (AvgIpc) is 3.35. The van der Waals surface area contributed by atoms with Crippen molar-refractivity contribution in [1.29, 1.82) is 0 Å². The fourth-order valence-corrected chi connectivity index (χ4v) is 4.77. The van der Waals surface area contributed by atoms with E-state index in [1.165, 1.54) is 29.5 Å². The van der Waals surface area contributed by atoms with E-state index in [1.54, 1.807) is 23.5 Å². The molecule has 4 rings (SSSR count). The lowest BCUT2D eigenvalue weighted by Gasteiger charge is -2.37. The number of nitrogens with zero attached hydrogens (tertiary/aromatic N) is 2. The van der Waals surface area contributed by atoms with Crippen LogP contribution in [-0.2, 0) is 0 Å². The van der Waals surface area contributed by atoms with E-state index in [-0.39, 0.29) is 11.9 Å². The summed E-state index contributed by atoms with van der Waals surface area (Å²) in [5.74, 6) is 0.870. The van der Waals surface area contributed by atoms with Gasteiger partial charge in [-0.2, -0.15) is 0 Å². The molecule has 6 heteroatoms. The number of nitrogens with one attached hydrogen (secondary N) is 1. The number of hydrogen-bond acceptors (Lipinski definition) is 5. The molecule has 0 unspecified atom stereocenters. The van der Waals surface area contributed by atoms with Gasteiger partial charge in [0.25, 0.3) is 5.91 Å². The van der Waals surface area contributed by atoms with Crippen molar-refractivity contribution >= 4 is 22.2 Å². The number of furan rings is 1. The summed E-state index contributed by atoms with van der Waals surface area (Å²) < 4.78 is 5.26. The fraction of sp³-hybridized carbons (Fsp3) is 0.364. The van der Waals surface area contributed by atoms with Crippen LogP contribution >= 0.6 is 11.3 Å². The molecule has 4 heterocycles. The van der Waals surface area contributed by atoms with Crippen molar-refractivity contribution in [3.63, 3.8) is 0 Å². The number of carbonyl (C=O) groups is 1. The molecule has 0 saturated carbocycles. The molecule has 1 atom stereocenters. The second kappa shape index (κ2) is 8.29. The smallest absolute Gasteiger partial charge is 0.291 e. The lowest BCUT2D eigenvalue weighted by atomic mass is 9.93. The Balaban J connectivity index is 1.69. The standard InChI is InChI=1S/C22H25N3O2S/c1-15-7-11-25(12-8-15)20(17-5-9-23-10-6-17)18-14-16(2)28-22(18)24-21(26)19-4-3-13-27-19/h3-6,9-10,13-15,20H,7-8,11-12H2,1-2H3,(H,24,26)/t20-/m1/s1.